The molecule has 2 saturated carbocycles. The number of aliphatic hydroxyl groups excluding tert-OH is 1. The molecular weight excluding hydrogens is 638 g/mol. The lowest BCUT2D eigenvalue weighted by Gasteiger charge is -2.30. The quantitative estimate of drug-likeness (QED) is 0.313. The summed E-state index contributed by atoms with van der Waals surface area (Å²) in [7, 11) is -2.64. The number of aromatic nitrogens is 1. The van der Waals surface area contributed by atoms with Crippen molar-refractivity contribution in [3.05, 3.63) is 42.6 Å². The van der Waals surface area contributed by atoms with Gasteiger partial charge in [0.05, 0.1) is 32.5 Å². The van der Waals surface area contributed by atoms with E-state index < -0.39 is 68.7 Å². The Morgan fingerprint density at radius 2 is 1.92 bits per heavy atom. The second-order valence-electron chi connectivity index (χ2n) is 14.1. The van der Waals surface area contributed by atoms with Gasteiger partial charge in [-0.2, -0.15) is 0 Å². The van der Waals surface area contributed by atoms with Gasteiger partial charge < -0.3 is 30.5 Å². The van der Waals surface area contributed by atoms with Crippen LogP contribution in [0.3, 0.4) is 0 Å². The lowest BCUT2D eigenvalue weighted by atomic mass is 9.88. The van der Waals surface area contributed by atoms with Gasteiger partial charge in [0, 0.05) is 23.1 Å². The van der Waals surface area contributed by atoms with Crippen LogP contribution in [0.25, 0.3) is 10.8 Å². The number of carbonyl (C=O) groups excluding carboxylic acids is 3. The van der Waals surface area contributed by atoms with Crippen molar-refractivity contribution >= 4 is 38.5 Å². The third kappa shape index (κ3) is 6.25. The molecule has 3 heterocycles. The van der Waals surface area contributed by atoms with Crippen molar-refractivity contribution in [3.8, 4) is 11.6 Å². The van der Waals surface area contributed by atoms with Gasteiger partial charge in [-0.05, 0) is 56.4 Å². The van der Waals surface area contributed by atoms with E-state index in [1.165, 1.54) is 4.90 Å². The molecule has 1 aromatic heterocycles. The number of fused-ring (bicyclic) bond motifs is 3. The second kappa shape index (κ2) is 12.9. The monoisotopic (exact) mass is 683 g/mol. The molecule has 1 aromatic carbocycles. The van der Waals surface area contributed by atoms with E-state index in [0.717, 1.165) is 11.8 Å². The summed E-state index contributed by atoms with van der Waals surface area (Å²) in [6, 6.07) is 5.56. The molecule has 14 heteroatoms. The SMILES string of the molecule is COc1cnc(OC2CC3C(=O)NC4(C(=O)NS(=O)(=O)C5(CO)CC5)CC4C=CCCC(C)CC(C)C(N)C(=O)N3C2)c2ccccc12. The van der Waals surface area contributed by atoms with E-state index in [9.17, 15) is 27.9 Å². The number of benzene rings is 1. The Morgan fingerprint density at radius 3 is 2.60 bits per heavy atom. The number of carbonyl (C=O) groups is 3. The summed E-state index contributed by atoms with van der Waals surface area (Å²) in [4.78, 5) is 47.8. The Hall–Kier alpha value is -3.75. The zero-order chi connectivity index (χ0) is 34.4. The van der Waals surface area contributed by atoms with E-state index in [1.54, 1.807) is 13.3 Å². The van der Waals surface area contributed by atoms with Crippen LogP contribution < -0.4 is 25.2 Å². The molecule has 260 valence electrons. The highest BCUT2D eigenvalue weighted by atomic mass is 32.2. The lowest BCUT2D eigenvalue weighted by molar-refractivity contribution is -0.141. The summed E-state index contributed by atoms with van der Waals surface area (Å²) in [5, 5.41) is 14.1. The predicted octanol–water partition coefficient (Wildman–Crippen LogP) is 1.78. The number of rotatable bonds is 7. The molecule has 48 heavy (non-hydrogen) atoms. The Balaban J connectivity index is 1.30. The van der Waals surface area contributed by atoms with Gasteiger partial charge in [0.25, 0.3) is 5.91 Å². The first kappa shape index (κ1) is 34.1. The summed E-state index contributed by atoms with van der Waals surface area (Å²) >= 11 is 0. The molecule has 1 saturated heterocycles. The lowest BCUT2D eigenvalue weighted by Crippen LogP contribution is -2.58. The van der Waals surface area contributed by atoms with Gasteiger partial charge in [-0.25, -0.2) is 13.4 Å². The fraction of sp³-hybridized carbons (Fsp3) is 0.588. The molecule has 6 rings (SSSR count). The van der Waals surface area contributed by atoms with Crippen molar-refractivity contribution in [2.75, 3.05) is 20.3 Å². The largest absolute Gasteiger partial charge is 0.494 e. The van der Waals surface area contributed by atoms with E-state index in [1.807, 2.05) is 43.3 Å². The fourth-order valence-electron chi connectivity index (χ4n) is 7.16. The van der Waals surface area contributed by atoms with Crippen LogP contribution in [0.1, 0.15) is 58.8 Å². The first-order valence-corrected chi connectivity index (χ1v) is 18.1. The number of amides is 3. The highest BCUT2D eigenvalue weighted by Gasteiger charge is 2.63. The summed E-state index contributed by atoms with van der Waals surface area (Å²) in [5.74, 6) is -1.30. The van der Waals surface area contributed by atoms with Crippen molar-refractivity contribution in [2.45, 2.75) is 87.3 Å². The average Bonchev–Trinajstić information content (AvgIpc) is 3.97. The fourth-order valence-corrected chi connectivity index (χ4v) is 8.62. The number of pyridine rings is 1. The number of nitrogens with zero attached hydrogens (tertiary/aromatic N) is 2. The van der Waals surface area contributed by atoms with Crippen LogP contribution in [0.5, 0.6) is 11.6 Å². The first-order chi connectivity index (χ1) is 22.8. The maximum atomic E-state index is 14.2. The molecule has 7 atom stereocenters. The van der Waals surface area contributed by atoms with Crippen LogP contribution >= 0.6 is 0 Å². The zero-order valence-corrected chi connectivity index (χ0v) is 28.4. The highest BCUT2D eigenvalue weighted by Crippen LogP contribution is 2.47. The van der Waals surface area contributed by atoms with Crippen LogP contribution in [0.2, 0.25) is 0 Å². The number of methoxy groups -OCH3 is 1. The maximum absolute atomic E-state index is 14.2. The Bertz CT molecular complexity index is 1730. The number of hydrogen-bond donors (Lipinski definition) is 4. The third-order valence-corrected chi connectivity index (χ3v) is 12.7. The second-order valence-corrected chi connectivity index (χ2v) is 16.1. The first-order valence-electron chi connectivity index (χ1n) is 16.7. The number of hydrogen-bond acceptors (Lipinski definition) is 10. The average molecular weight is 684 g/mol. The van der Waals surface area contributed by atoms with Crippen LogP contribution in [0.4, 0.5) is 0 Å². The third-order valence-electron chi connectivity index (χ3n) is 10.6. The van der Waals surface area contributed by atoms with Gasteiger partial charge in [-0.15, -0.1) is 0 Å². The Labute approximate surface area is 280 Å². The Morgan fingerprint density at radius 1 is 1.19 bits per heavy atom. The van der Waals surface area contributed by atoms with Gasteiger partial charge in [0.1, 0.15) is 28.2 Å². The molecule has 3 fully saturated rings. The van der Waals surface area contributed by atoms with E-state index >= 15 is 0 Å². The van der Waals surface area contributed by atoms with Crippen molar-refractivity contribution in [3.63, 3.8) is 0 Å². The minimum absolute atomic E-state index is 0.0604. The van der Waals surface area contributed by atoms with Gasteiger partial charge in [-0.3, -0.25) is 19.1 Å². The van der Waals surface area contributed by atoms with Gasteiger partial charge in [0.2, 0.25) is 27.7 Å². The number of allylic oxidation sites excluding steroid dienone is 1. The van der Waals surface area contributed by atoms with Crippen molar-refractivity contribution in [2.24, 2.45) is 23.5 Å². The molecule has 2 aliphatic heterocycles. The molecule has 0 spiro atoms. The smallest absolute Gasteiger partial charge is 0.259 e. The number of nitrogens with two attached hydrogens (primary N) is 1. The van der Waals surface area contributed by atoms with Gasteiger partial charge in [-0.1, -0.05) is 44.2 Å². The Kier molecular flexibility index (Phi) is 9.20. The predicted molar refractivity (Wildman–Crippen MR) is 177 cm³/mol. The topological polar surface area (TPSA) is 190 Å². The molecule has 0 bridgehead atoms. The van der Waals surface area contributed by atoms with Crippen molar-refractivity contribution in [1.29, 1.82) is 0 Å². The van der Waals surface area contributed by atoms with E-state index in [-0.39, 0.29) is 44.1 Å². The van der Waals surface area contributed by atoms with Crippen LogP contribution in [-0.2, 0) is 24.4 Å². The molecule has 4 aliphatic rings. The molecule has 2 aromatic rings. The van der Waals surface area contributed by atoms with Crippen molar-refractivity contribution in [1.82, 2.24) is 19.9 Å². The standard InChI is InChI=1S/C34H45N5O8S/c1-20-8-4-5-9-22-16-34(22,32(43)38-48(44,45)33(19-40)12-13-33)37-29(41)26-15-23(18-39(26)31(42)28(35)21(2)14-20)47-30-25-11-7-6-10-24(25)27(46-3)17-36-30/h5-7,9-11,17,20-23,26,28,40H,4,8,12-16,18-19,35H2,1-3H3,(H,37,41)(H,38,43). The van der Waals surface area contributed by atoms with Crippen LogP contribution in [-0.4, -0.2) is 89.9 Å². The van der Waals surface area contributed by atoms with Gasteiger partial charge in [0.15, 0.2) is 0 Å². The molecule has 2 aliphatic carbocycles. The molecule has 3 amide bonds. The summed E-state index contributed by atoms with van der Waals surface area (Å²) in [6.45, 7) is 3.50. The summed E-state index contributed by atoms with van der Waals surface area (Å²) in [5.41, 5.74) is 5.02. The number of ether oxygens (including phenoxy) is 2. The van der Waals surface area contributed by atoms with Crippen LogP contribution in [0, 0.1) is 17.8 Å². The molecule has 5 N–H and O–H groups in total. The van der Waals surface area contributed by atoms with E-state index in [2.05, 4.69) is 21.9 Å². The van der Waals surface area contributed by atoms with Crippen LogP contribution in [0.15, 0.2) is 42.6 Å². The van der Waals surface area contributed by atoms with E-state index in [4.69, 9.17) is 15.2 Å². The summed E-state index contributed by atoms with van der Waals surface area (Å²) < 4.78 is 38.8. The maximum Gasteiger partial charge on any atom is 0.259 e. The summed E-state index contributed by atoms with van der Waals surface area (Å²) in [6.07, 6.45) is 7.78. The minimum Gasteiger partial charge on any atom is -0.494 e. The number of aliphatic hydroxyl groups is 1. The van der Waals surface area contributed by atoms with Gasteiger partial charge >= 0.3 is 0 Å². The highest BCUT2D eigenvalue weighted by molar-refractivity contribution is 7.91. The number of nitrogens with one attached hydrogen (secondary N) is 2. The van der Waals surface area contributed by atoms with Crippen molar-refractivity contribution < 1.29 is 37.4 Å². The van der Waals surface area contributed by atoms with E-state index in [0.29, 0.717) is 29.9 Å². The molecular formula is C34H45N5O8S. The molecule has 0 radical (unpaired) electrons. The zero-order valence-electron chi connectivity index (χ0n) is 27.6. The molecule has 7 unspecified atom stereocenters. The molecule has 13 nitrogen and oxygen atoms in total. The number of sulfonamides is 1. The normalized spacial score (nSPS) is 31.9. The minimum atomic E-state index is -4.20.